The van der Waals surface area contributed by atoms with Crippen molar-refractivity contribution in [1.82, 2.24) is 15.3 Å². The van der Waals surface area contributed by atoms with E-state index < -0.39 is 0 Å². The average molecular weight is 352 g/mol. The number of nitrogens with two attached hydrogens (primary N) is 1. The molecule has 1 saturated heterocycles. The summed E-state index contributed by atoms with van der Waals surface area (Å²) in [4.78, 5) is 23.9. The van der Waals surface area contributed by atoms with Crippen LogP contribution in [0.15, 0.2) is 24.3 Å². The molecule has 0 radical (unpaired) electrons. The summed E-state index contributed by atoms with van der Waals surface area (Å²) in [5.41, 5.74) is 9.30. The third kappa shape index (κ3) is 3.10. The molecule has 7 nitrogen and oxygen atoms in total. The predicted octanol–water partition coefficient (Wildman–Crippen LogP) is 2.09. The van der Waals surface area contributed by atoms with Gasteiger partial charge in [0.05, 0.1) is 12.2 Å². The van der Waals surface area contributed by atoms with Crippen LogP contribution in [0.2, 0.25) is 0 Å². The van der Waals surface area contributed by atoms with Gasteiger partial charge in [0.25, 0.3) is 5.91 Å². The van der Waals surface area contributed by atoms with Crippen LogP contribution in [0.3, 0.4) is 0 Å². The lowest BCUT2D eigenvalue weighted by Gasteiger charge is -2.35. The molecular formula is C19H24N6O. The first-order chi connectivity index (χ1) is 12.7. The van der Waals surface area contributed by atoms with Crippen molar-refractivity contribution < 1.29 is 4.79 Å². The van der Waals surface area contributed by atoms with E-state index in [-0.39, 0.29) is 11.9 Å². The standard InChI is InChI=1S/C19H24N6O/c1-12-5-4-6-13(9-12)22-17-16-15(11-21-18(16)26)23-19(24-17)25-8-3-2-7-14(25)10-20/h4-6,9,14H,2-3,7-8,10-11,20H2,1H3,(H,21,26)(H,22,23,24). The highest BCUT2D eigenvalue weighted by Gasteiger charge is 2.30. The van der Waals surface area contributed by atoms with Crippen LogP contribution >= 0.6 is 0 Å². The number of fused-ring (bicyclic) bond motifs is 1. The van der Waals surface area contributed by atoms with E-state index in [2.05, 4.69) is 20.5 Å². The molecule has 1 aromatic heterocycles. The Morgan fingerprint density at radius 2 is 2.23 bits per heavy atom. The molecule has 136 valence electrons. The third-order valence-corrected chi connectivity index (χ3v) is 5.05. The fraction of sp³-hybridized carbons (Fsp3) is 0.421. The number of anilines is 3. The molecule has 1 atom stereocenters. The molecule has 2 aliphatic heterocycles. The van der Waals surface area contributed by atoms with E-state index in [1.54, 1.807) is 0 Å². The molecule has 4 N–H and O–H groups in total. The summed E-state index contributed by atoms with van der Waals surface area (Å²) in [6.45, 7) is 3.95. The summed E-state index contributed by atoms with van der Waals surface area (Å²) in [5.74, 6) is 1.09. The normalized spacial score (nSPS) is 19.2. The first-order valence-electron chi connectivity index (χ1n) is 9.15. The van der Waals surface area contributed by atoms with Crippen LogP contribution in [-0.2, 0) is 6.54 Å². The summed E-state index contributed by atoms with van der Waals surface area (Å²) in [6, 6.07) is 8.27. The number of rotatable bonds is 4. The molecule has 1 unspecified atom stereocenters. The van der Waals surface area contributed by atoms with Crippen molar-refractivity contribution in [2.45, 2.75) is 38.8 Å². The van der Waals surface area contributed by atoms with E-state index >= 15 is 0 Å². The Hall–Kier alpha value is -2.67. The molecule has 2 aliphatic rings. The fourth-order valence-corrected chi connectivity index (χ4v) is 3.70. The Labute approximate surface area is 153 Å². The zero-order valence-corrected chi connectivity index (χ0v) is 15.0. The van der Waals surface area contributed by atoms with Crippen LogP contribution in [0.4, 0.5) is 17.5 Å². The van der Waals surface area contributed by atoms with Crippen molar-refractivity contribution in [1.29, 1.82) is 0 Å². The minimum absolute atomic E-state index is 0.129. The van der Waals surface area contributed by atoms with Gasteiger partial charge < -0.3 is 21.3 Å². The van der Waals surface area contributed by atoms with E-state index in [4.69, 9.17) is 10.7 Å². The van der Waals surface area contributed by atoms with E-state index in [0.29, 0.717) is 30.4 Å². The van der Waals surface area contributed by atoms with E-state index in [0.717, 1.165) is 36.3 Å². The highest BCUT2D eigenvalue weighted by molar-refractivity contribution is 6.02. The first kappa shape index (κ1) is 16.8. The number of aromatic nitrogens is 2. The third-order valence-electron chi connectivity index (χ3n) is 5.05. The van der Waals surface area contributed by atoms with Gasteiger partial charge in [-0.15, -0.1) is 0 Å². The molecule has 26 heavy (non-hydrogen) atoms. The summed E-state index contributed by atoms with van der Waals surface area (Å²) >= 11 is 0. The molecule has 1 aromatic carbocycles. The zero-order chi connectivity index (χ0) is 18.1. The summed E-state index contributed by atoms with van der Waals surface area (Å²) in [5, 5.41) is 6.17. The van der Waals surface area contributed by atoms with Crippen molar-refractivity contribution in [3.05, 3.63) is 41.1 Å². The van der Waals surface area contributed by atoms with E-state index in [9.17, 15) is 4.79 Å². The lowest BCUT2D eigenvalue weighted by Crippen LogP contribution is -2.45. The number of nitrogens with zero attached hydrogens (tertiary/aromatic N) is 3. The van der Waals surface area contributed by atoms with Crippen molar-refractivity contribution in [3.8, 4) is 0 Å². The van der Waals surface area contributed by atoms with Gasteiger partial charge in [0.15, 0.2) is 0 Å². The minimum atomic E-state index is -0.129. The molecule has 0 spiro atoms. The van der Waals surface area contributed by atoms with Gasteiger partial charge in [0.1, 0.15) is 11.4 Å². The molecule has 3 heterocycles. The Morgan fingerprint density at radius 1 is 1.35 bits per heavy atom. The maximum absolute atomic E-state index is 12.3. The largest absolute Gasteiger partial charge is 0.346 e. The highest BCUT2D eigenvalue weighted by Crippen LogP contribution is 2.29. The van der Waals surface area contributed by atoms with Gasteiger partial charge in [-0.05, 0) is 43.9 Å². The van der Waals surface area contributed by atoms with Gasteiger partial charge in [-0.2, -0.15) is 4.98 Å². The second-order valence-electron chi connectivity index (χ2n) is 6.95. The molecule has 0 saturated carbocycles. The summed E-state index contributed by atoms with van der Waals surface area (Å²) in [6.07, 6.45) is 3.33. The monoisotopic (exact) mass is 352 g/mol. The van der Waals surface area contributed by atoms with E-state index in [1.165, 1.54) is 6.42 Å². The minimum Gasteiger partial charge on any atom is -0.346 e. The van der Waals surface area contributed by atoms with Crippen molar-refractivity contribution in [3.63, 3.8) is 0 Å². The molecule has 1 fully saturated rings. The van der Waals surface area contributed by atoms with Crippen LogP contribution in [0.25, 0.3) is 0 Å². The second-order valence-corrected chi connectivity index (χ2v) is 6.95. The number of hydrogen-bond acceptors (Lipinski definition) is 6. The number of piperidine rings is 1. The topological polar surface area (TPSA) is 96.2 Å². The maximum atomic E-state index is 12.3. The SMILES string of the molecule is Cc1cccc(Nc2nc(N3CCCCC3CN)nc3c2C(=O)NC3)c1. The Morgan fingerprint density at radius 3 is 3.04 bits per heavy atom. The van der Waals surface area contributed by atoms with Crippen molar-refractivity contribution >= 4 is 23.4 Å². The molecule has 0 aliphatic carbocycles. The van der Waals surface area contributed by atoms with E-state index in [1.807, 2.05) is 31.2 Å². The molecular weight excluding hydrogens is 328 g/mol. The molecule has 0 bridgehead atoms. The number of amides is 1. The number of benzene rings is 1. The Balaban J connectivity index is 1.74. The smallest absolute Gasteiger partial charge is 0.257 e. The van der Waals surface area contributed by atoms with Crippen molar-refractivity contribution in [2.75, 3.05) is 23.3 Å². The maximum Gasteiger partial charge on any atom is 0.257 e. The first-order valence-corrected chi connectivity index (χ1v) is 9.15. The van der Waals surface area contributed by atoms with Gasteiger partial charge >= 0.3 is 0 Å². The summed E-state index contributed by atoms with van der Waals surface area (Å²) in [7, 11) is 0. The lowest BCUT2D eigenvalue weighted by atomic mass is 10.0. The fourth-order valence-electron chi connectivity index (χ4n) is 3.70. The number of carbonyl (C=O) groups excluding carboxylic acids is 1. The summed E-state index contributed by atoms with van der Waals surface area (Å²) < 4.78 is 0. The molecule has 1 amide bonds. The number of aryl methyl sites for hydroxylation is 1. The molecule has 7 heteroatoms. The second kappa shape index (κ2) is 6.92. The number of carbonyl (C=O) groups is 1. The van der Waals surface area contributed by atoms with Crippen LogP contribution in [0, 0.1) is 6.92 Å². The van der Waals surface area contributed by atoms with Gasteiger partial charge in [-0.25, -0.2) is 4.98 Å². The number of nitrogens with one attached hydrogen (secondary N) is 2. The van der Waals surface area contributed by atoms with Gasteiger partial charge in [-0.1, -0.05) is 12.1 Å². The van der Waals surface area contributed by atoms with Crippen LogP contribution in [-0.4, -0.2) is 35.0 Å². The van der Waals surface area contributed by atoms with Gasteiger partial charge in [-0.3, -0.25) is 4.79 Å². The number of hydrogen-bond donors (Lipinski definition) is 3. The highest BCUT2D eigenvalue weighted by atomic mass is 16.2. The molecule has 4 rings (SSSR count). The van der Waals surface area contributed by atoms with Crippen LogP contribution in [0.5, 0.6) is 0 Å². The Kier molecular flexibility index (Phi) is 4.46. The van der Waals surface area contributed by atoms with Crippen LogP contribution < -0.4 is 21.3 Å². The molecule has 2 aromatic rings. The predicted molar refractivity (Wildman–Crippen MR) is 102 cm³/mol. The Bertz CT molecular complexity index is 837. The van der Waals surface area contributed by atoms with Gasteiger partial charge in [0, 0.05) is 24.8 Å². The van der Waals surface area contributed by atoms with Crippen LogP contribution in [0.1, 0.15) is 40.9 Å². The van der Waals surface area contributed by atoms with Gasteiger partial charge in [0.2, 0.25) is 5.95 Å². The quantitative estimate of drug-likeness (QED) is 0.780. The lowest BCUT2D eigenvalue weighted by molar-refractivity contribution is 0.0966. The zero-order valence-electron chi connectivity index (χ0n) is 15.0. The average Bonchev–Trinajstić information content (AvgIpc) is 3.03. The van der Waals surface area contributed by atoms with Crippen molar-refractivity contribution in [2.24, 2.45) is 5.73 Å².